The smallest absolute Gasteiger partial charge is 0.270 e. The first-order valence-corrected chi connectivity index (χ1v) is 4.59. The van der Waals surface area contributed by atoms with Crippen molar-refractivity contribution in [2.75, 3.05) is 0 Å². The maximum Gasteiger partial charge on any atom is 0.270 e. The van der Waals surface area contributed by atoms with Crippen LogP contribution >= 0.6 is 0 Å². The first-order chi connectivity index (χ1) is 6.63. The normalized spacial score (nSPS) is 10.3. The summed E-state index contributed by atoms with van der Waals surface area (Å²) in [6.07, 6.45) is 1.62. The number of pyridine rings is 1. The minimum Gasteiger partial charge on any atom is -0.349 e. The molecule has 0 spiro atoms. The average molecular weight is 193 g/mol. The van der Waals surface area contributed by atoms with E-state index in [4.69, 9.17) is 5.73 Å². The summed E-state index contributed by atoms with van der Waals surface area (Å²) >= 11 is 0. The average Bonchev–Trinajstić information content (AvgIpc) is 2.17. The molecule has 0 saturated carbocycles. The Kier molecular flexibility index (Phi) is 3.59. The Hall–Kier alpha value is -1.42. The van der Waals surface area contributed by atoms with Gasteiger partial charge in [0.25, 0.3) is 5.91 Å². The van der Waals surface area contributed by atoms with Crippen molar-refractivity contribution < 1.29 is 4.79 Å². The van der Waals surface area contributed by atoms with Crippen LogP contribution in [0.15, 0.2) is 18.3 Å². The molecule has 4 nitrogen and oxygen atoms in total. The zero-order valence-corrected chi connectivity index (χ0v) is 8.45. The van der Waals surface area contributed by atoms with E-state index in [0.717, 1.165) is 5.56 Å². The van der Waals surface area contributed by atoms with Crippen LogP contribution < -0.4 is 11.1 Å². The van der Waals surface area contributed by atoms with Crippen LogP contribution in [0.4, 0.5) is 0 Å². The van der Waals surface area contributed by atoms with Crippen LogP contribution in [0.2, 0.25) is 0 Å². The molecule has 0 aromatic carbocycles. The Morgan fingerprint density at radius 1 is 1.57 bits per heavy atom. The van der Waals surface area contributed by atoms with Gasteiger partial charge in [-0.15, -0.1) is 0 Å². The standard InChI is InChI=1S/C10H15N3O/c1-7(2)13-10(14)9-4-3-8(5-11)6-12-9/h3-4,6-7H,5,11H2,1-2H3,(H,13,14). The molecule has 76 valence electrons. The second-order valence-electron chi connectivity index (χ2n) is 3.38. The van der Waals surface area contributed by atoms with Crippen molar-refractivity contribution in [1.82, 2.24) is 10.3 Å². The summed E-state index contributed by atoms with van der Waals surface area (Å²) in [4.78, 5) is 15.5. The van der Waals surface area contributed by atoms with Gasteiger partial charge >= 0.3 is 0 Å². The molecule has 3 N–H and O–H groups in total. The minimum atomic E-state index is -0.149. The minimum absolute atomic E-state index is 0.124. The molecule has 4 heteroatoms. The molecule has 0 bridgehead atoms. The van der Waals surface area contributed by atoms with Crippen molar-refractivity contribution in [3.05, 3.63) is 29.6 Å². The largest absolute Gasteiger partial charge is 0.349 e. The van der Waals surface area contributed by atoms with Gasteiger partial charge in [-0.1, -0.05) is 6.07 Å². The van der Waals surface area contributed by atoms with Gasteiger partial charge in [0.1, 0.15) is 5.69 Å². The summed E-state index contributed by atoms with van der Waals surface area (Å²) in [7, 11) is 0. The first kappa shape index (κ1) is 10.7. The van der Waals surface area contributed by atoms with Gasteiger partial charge in [0, 0.05) is 18.8 Å². The highest BCUT2D eigenvalue weighted by atomic mass is 16.1. The maximum atomic E-state index is 11.4. The Morgan fingerprint density at radius 2 is 2.29 bits per heavy atom. The molecule has 1 aromatic heterocycles. The number of aromatic nitrogens is 1. The lowest BCUT2D eigenvalue weighted by molar-refractivity contribution is 0.0938. The van der Waals surface area contributed by atoms with Gasteiger partial charge in [-0.25, -0.2) is 0 Å². The fourth-order valence-corrected chi connectivity index (χ4v) is 1.02. The number of hydrogen-bond donors (Lipinski definition) is 2. The van der Waals surface area contributed by atoms with Crippen LogP contribution in [0.3, 0.4) is 0 Å². The van der Waals surface area contributed by atoms with Gasteiger partial charge in [0.15, 0.2) is 0 Å². The summed E-state index contributed by atoms with van der Waals surface area (Å²) in [6, 6.07) is 3.61. The summed E-state index contributed by atoms with van der Waals surface area (Å²) in [6.45, 7) is 4.26. The molecule has 1 heterocycles. The third-order valence-electron chi connectivity index (χ3n) is 1.71. The number of hydrogen-bond acceptors (Lipinski definition) is 3. The van der Waals surface area contributed by atoms with Crippen LogP contribution in [0.1, 0.15) is 29.9 Å². The first-order valence-electron chi connectivity index (χ1n) is 4.59. The summed E-state index contributed by atoms with van der Waals surface area (Å²) in [5, 5.41) is 2.76. The quantitative estimate of drug-likeness (QED) is 0.741. The fraction of sp³-hybridized carbons (Fsp3) is 0.400. The molecule has 0 aliphatic rings. The van der Waals surface area contributed by atoms with Crippen molar-refractivity contribution >= 4 is 5.91 Å². The number of nitrogens with two attached hydrogens (primary N) is 1. The van der Waals surface area contributed by atoms with Crippen molar-refractivity contribution in [3.63, 3.8) is 0 Å². The Bertz CT molecular complexity index is 306. The van der Waals surface area contributed by atoms with Crippen LogP contribution in [0, 0.1) is 0 Å². The van der Waals surface area contributed by atoms with Crippen molar-refractivity contribution in [2.24, 2.45) is 5.73 Å². The molecule has 14 heavy (non-hydrogen) atoms. The fourth-order valence-electron chi connectivity index (χ4n) is 1.02. The van der Waals surface area contributed by atoms with Crippen molar-refractivity contribution in [1.29, 1.82) is 0 Å². The van der Waals surface area contributed by atoms with Crippen LogP contribution in [0.5, 0.6) is 0 Å². The number of rotatable bonds is 3. The van der Waals surface area contributed by atoms with Crippen LogP contribution in [-0.4, -0.2) is 16.9 Å². The van der Waals surface area contributed by atoms with Gasteiger partial charge < -0.3 is 11.1 Å². The number of carbonyl (C=O) groups is 1. The summed E-state index contributed by atoms with van der Waals surface area (Å²) in [5.74, 6) is -0.149. The molecule has 0 fully saturated rings. The van der Waals surface area contributed by atoms with Gasteiger partial charge in [-0.2, -0.15) is 0 Å². The lowest BCUT2D eigenvalue weighted by Crippen LogP contribution is -2.30. The third kappa shape index (κ3) is 2.81. The number of nitrogens with one attached hydrogen (secondary N) is 1. The van der Waals surface area contributed by atoms with E-state index in [-0.39, 0.29) is 11.9 Å². The van der Waals surface area contributed by atoms with E-state index in [9.17, 15) is 4.79 Å². The van der Waals surface area contributed by atoms with E-state index >= 15 is 0 Å². The highest BCUT2D eigenvalue weighted by Gasteiger charge is 2.07. The van der Waals surface area contributed by atoms with Gasteiger partial charge in [-0.3, -0.25) is 9.78 Å². The molecule has 0 radical (unpaired) electrons. The topological polar surface area (TPSA) is 68.0 Å². The van der Waals surface area contributed by atoms with Gasteiger partial charge in [0.2, 0.25) is 0 Å². The van der Waals surface area contributed by atoms with Crippen molar-refractivity contribution in [3.8, 4) is 0 Å². The number of amides is 1. The van der Waals surface area contributed by atoms with E-state index in [2.05, 4.69) is 10.3 Å². The van der Waals surface area contributed by atoms with Gasteiger partial charge in [-0.05, 0) is 25.5 Å². The predicted molar refractivity (Wildman–Crippen MR) is 54.7 cm³/mol. The highest BCUT2D eigenvalue weighted by molar-refractivity contribution is 5.92. The third-order valence-corrected chi connectivity index (χ3v) is 1.71. The Labute approximate surface area is 83.5 Å². The van der Waals surface area contributed by atoms with E-state index in [1.807, 2.05) is 19.9 Å². The lowest BCUT2D eigenvalue weighted by atomic mass is 10.2. The van der Waals surface area contributed by atoms with Gasteiger partial charge in [0.05, 0.1) is 0 Å². The number of carbonyl (C=O) groups excluding carboxylic acids is 1. The van der Waals surface area contributed by atoms with Crippen molar-refractivity contribution in [2.45, 2.75) is 26.4 Å². The highest BCUT2D eigenvalue weighted by Crippen LogP contribution is 1.99. The molecule has 0 aliphatic carbocycles. The molecule has 1 rings (SSSR count). The van der Waals surface area contributed by atoms with E-state index in [0.29, 0.717) is 12.2 Å². The van der Waals surface area contributed by atoms with E-state index < -0.39 is 0 Å². The van der Waals surface area contributed by atoms with Crippen LogP contribution in [-0.2, 0) is 6.54 Å². The molecule has 0 atom stereocenters. The molecule has 0 aliphatic heterocycles. The predicted octanol–water partition coefficient (Wildman–Crippen LogP) is 0.679. The Morgan fingerprint density at radius 3 is 2.71 bits per heavy atom. The monoisotopic (exact) mass is 193 g/mol. The summed E-state index contributed by atoms with van der Waals surface area (Å²) in [5.41, 5.74) is 6.77. The molecule has 1 aromatic rings. The molecular weight excluding hydrogens is 178 g/mol. The zero-order valence-electron chi connectivity index (χ0n) is 8.45. The van der Waals surface area contributed by atoms with E-state index in [1.54, 1.807) is 12.3 Å². The second-order valence-corrected chi connectivity index (χ2v) is 3.38. The lowest BCUT2D eigenvalue weighted by Gasteiger charge is -2.07. The molecule has 1 amide bonds. The SMILES string of the molecule is CC(C)NC(=O)c1ccc(CN)cn1. The maximum absolute atomic E-state index is 11.4. The molecule has 0 saturated heterocycles. The zero-order chi connectivity index (χ0) is 10.6. The summed E-state index contributed by atoms with van der Waals surface area (Å²) < 4.78 is 0. The Balaban J connectivity index is 2.71. The second kappa shape index (κ2) is 4.72. The molecule has 0 unspecified atom stereocenters. The number of nitrogens with zero attached hydrogens (tertiary/aromatic N) is 1. The van der Waals surface area contributed by atoms with E-state index in [1.165, 1.54) is 0 Å². The van der Waals surface area contributed by atoms with Crippen LogP contribution in [0.25, 0.3) is 0 Å². The molecular formula is C10H15N3O.